The molecule has 5 heteroatoms. The summed E-state index contributed by atoms with van der Waals surface area (Å²) in [6.07, 6.45) is 5.41. The number of benzene rings is 1. The summed E-state index contributed by atoms with van der Waals surface area (Å²) in [5.74, 6) is 3.91. The SMILES string of the molecule is C#CCn1c(C)nc2sc(C)c(-c3cc(C)ccc3OC)c2c1=O. The van der Waals surface area contributed by atoms with Gasteiger partial charge in [0.1, 0.15) is 16.4 Å². The summed E-state index contributed by atoms with van der Waals surface area (Å²) in [5.41, 5.74) is 2.81. The minimum atomic E-state index is -0.0987. The quantitative estimate of drug-likeness (QED) is 0.684. The number of fused-ring (bicyclic) bond motifs is 1. The average molecular weight is 338 g/mol. The molecule has 0 spiro atoms. The first-order valence-electron chi connectivity index (χ1n) is 7.57. The molecule has 4 nitrogen and oxygen atoms in total. The van der Waals surface area contributed by atoms with E-state index in [1.165, 1.54) is 11.3 Å². The molecule has 0 fully saturated rings. The van der Waals surface area contributed by atoms with Crippen LogP contribution in [0, 0.1) is 33.1 Å². The molecular weight excluding hydrogens is 320 g/mol. The summed E-state index contributed by atoms with van der Waals surface area (Å²) < 4.78 is 7.05. The fraction of sp³-hybridized carbons (Fsp3) is 0.263. The van der Waals surface area contributed by atoms with Gasteiger partial charge in [0.25, 0.3) is 5.56 Å². The van der Waals surface area contributed by atoms with Crippen molar-refractivity contribution < 1.29 is 4.74 Å². The number of aromatic nitrogens is 2. The molecular formula is C19H18N2O2S. The number of rotatable bonds is 3. The predicted octanol–water partition coefficient (Wildman–Crippen LogP) is 3.69. The highest BCUT2D eigenvalue weighted by Gasteiger charge is 2.20. The third kappa shape index (κ3) is 2.49. The van der Waals surface area contributed by atoms with Gasteiger partial charge >= 0.3 is 0 Å². The largest absolute Gasteiger partial charge is 0.496 e. The topological polar surface area (TPSA) is 44.1 Å². The van der Waals surface area contributed by atoms with Crippen LogP contribution in [0.2, 0.25) is 0 Å². The Morgan fingerprint density at radius 2 is 2.08 bits per heavy atom. The summed E-state index contributed by atoms with van der Waals surface area (Å²) >= 11 is 1.52. The lowest BCUT2D eigenvalue weighted by Gasteiger charge is -2.11. The van der Waals surface area contributed by atoms with Gasteiger partial charge in [0.05, 0.1) is 19.0 Å². The summed E-state index contributed by atoms with van der Waals surface area (Å²) in [6.45, 7) is 6.04. The zero-order valence-corrected chi connectivity index (χ0v) is 15.0. The van der Waals surface area contributed by atoms with Gasteiger partial charge in [-0.15, -0.1) is 17.8 Å². The molecule has 2 aromatic heterocycles. The van der Waals surface area contributed by atoms with Gasteiger partial charge in [-0.25, -0.2) is 4.98 Å². The minimum Gasteiger partial charge on any atom is -0.496 e. The highest BCUT2D eigenvalue weighted by Crippen LogP contribution is 2.40. The van der Waals surface area contributed by atoms with Crippen LogP contribution < -0.4 is 10.3 Å². The molecule has 0 saturated carbocycles. The number of thiophene rings is 1. The van der Waals surface area contributed by atoms with E-state index in [4.69, 9.17) is 11.2 Å². The normalized spacial score (nSPS) is 10.8. The second kappa shape index (κ2) is 6.14. The Balaban J connectivity index is 2.44. The van der Waals surface area contributed by atoms with E-state index in [9.17, 15) is 4.79 Å². The Bertz CT molecular complexity index is 1040. The Labute approximate surface area is 144 Å². The zero-order valence-electron chi connectivity index (χ0n) is 14.1. The Kier molecular flexibility index (Phi) is 4.16. The minimum absolute atomic E-state index is 0.0987. The zero-order chi connectivity index (χ0) is 17.4. The summed E-state index contributed by atoms with van der Waals surface area (Å²) in [4.78, 5) is 19.4. The highest BCUT2D eigenvalue weighted by atomic mass is 32.1. The van der Waals surface area contributed by atoms with E-state index in [-0.39, 0.29) is 12.1 Å². The van der Waals surface area contributed by atoms with Crippen LogP contribution in [-0.4, -0.2) is 16.7 Å². The van der Waals surface area contributed by atoms with Crippen LogP contribution >= 0.6 is 11.3 Å². The molecule has 0 saturated heterocycles. The molecule has 0 radical (unpaired) electrons. The molecule has 0 amide bonds. The number of terminal acetylenes is 1. The molecule has 0 bridgehead atoms. The van der Waals surface area contributed by atoms with Gasteiger partial charge in [-0.3, -0.25) is 9.36 Å². The number of ether oxygens (including phenoxy) is 1. The van der Waals surface area contributed by atoms with Crippen molar-refractivity contribution in [1.82, 2.24) is 9.55 Å². The fourth-order valence-corrected chi connectivity index (χ4v) is 3.99. The number of methoxy groups -OCH3 is 1. The Hall–Kier alpha value is -2.58. The first-order valence-corrected chi connectivity index (χ1v) is 8.38. The van der Waals surface area contributed by atoms with Crippen LogP contribution in [0.1, 0.15) is 16.3 Å². The lowest BCUT2D eigenvalue weighted by molar-refractivity contribution is 0.416. The Morgan fingerprint density at radius 3 is 2.75 bits per heavy atom. The van der Waals surface area contributed by atoms with Gasteiger partial charge < -0.3 is 4.74 Å². The summed E-state index contributed by atoms with van der Waals surface area (Å²) in [7, 11) is 1.64. The van der Waals surface area contributed by atoms with E-state index in [1.807, 2.05) is 32.0 Å². The fourth-order valence-electron chi connectivity index (χ4n) is 2.92. The van der Waals surface area contributed by atoms with Crippen molar-refractivity contribution in [2.24, 2.45) is 0 Å². The van der Waals surface area contributed by atoms with Gasteiger partial charge in [-0.2, -0.15) is 0 Å². The molecule has 0 aliphatic rings. The second-order valence-corrected chi connectivity index (χ2v) is 6.87. The molecule has 0 N–H and O–H groups in total. The molecule has 2 heterocycles. The smallest absolute Gasteiger partial charge is 0.263 e. The van der Waals surface area contributed by atoms with Crippen LogP contribution in [0.3, 0.4) is 0 Å². The van der Waals surface area contributed by atoms with Crippen LogP contribution in [0.25, 0.3) is 21.3 Å². The molecule has 3 rings (SSSR count). The van der Waals surface area contributed by atoms with Gasteiger partial charge in [0.2, 0.25) is 0 Å². The molecule has 1 aromatic carbocycles. The first kappa shape index (κ1) is 16.3. The Morgan fingerprint density at radius 1 is 1.33 bits per heavy atom. The standard InChI is InChI=1S/C19H18N2O2S/c1-6-9-21-13(4)20-18-17(19(21)22)16(12(3)24-18)14-10-11(2)7-8-15(14)23-5/h1,7-8,10H,9H2,2-5H3. The average Bonchev–Trinajstić information content (AvgIpc) is 2.87. The summed E-state index contributed by atoms with van der Waals surface area (Å²) in [6, 6.07) is 5.96. The van der Waals surface area contributed by atoms with Crippen molar-refractivity contribution in [1.29, 1.82) is 0 Å². The molecule has 0 aliphatic carbocycles. The van der Waals surface area contributed by atoms with Crippen molar-refractivity contribution in [3.05, 3.63) is 44.8 Å². The van der Waals surface area contributed by atoms with Gasteiger partial charge in [0.15, 0.2) is 0 Å². The van der Waals surface area contributed by atoms with Crippen molar-refractivity contribution in [3.63, 3.8) is 0 Å². The van der Waals surface area contributed by atoms with E-state index in [0.29, 0.717) is 11.2 Å². The van der Waals surface area contributed by atoms with E-state index in [2.05, 4.69) is 10.9 Å². The van der Waals surface area contributed by atoms with E-state index in [1.54, 1.807) is 18.6 Å². The van der Waals surface area contributed by atoms with Crippen LogP contribution in [0.4, 0.5) is 0 Å². The lowest BCUT2D eigenvalue weighted by Crippen LogP contribution is -2.23. The molecule has 122 valence electrons. The maximum atomic E-state index is 13.0. The third-order valence-corrected chi connectivity index (χ3v) is 5.05. The van der Waals surface area contributed by atoms with E-state index in [0.717, 1.165) is 32.1 Å². The highest BCUT2D eigenvalue weighted by molar-refractivity contribution is 7.19. The van der Waals surface area contributed by atoms with Crippen LogP contribution in [-0.2, 0) is 6.54 Å². The number of aryl methyl sites for hydroxylation is 3. The monoisotopic (exact) mass is 338 g/mol. The maximum Gasteiger partial charge on any atom is 0.263 e. The van der Waals surface area contributed by atoms with Gasteiger partial charge in [-0.05, 0) is 32.9 Å². The van der Waals surface area contributed by atoms with E-state index >= 15 is 0 Å². The molecule has 0 aliphatic heterocycles. The molecule has 24 heavy (non-hydrogen) atoms. The number of nitrogens with zero attached hydrogens (tertiary/aromatic N) is 2. The van der Waals surface area contributed by atoms with Gasteiger partial charge in [0, 0.05) is 16.0 Å². The van der Waals surface area contributed by atoms with Crippen molar-refractivity contribution in [2.75, 3.05) is 7.11 Å². The van der Waals surface area contributed by atoms with Crippen molar-refractivity contribution >= 4 is 21.6 Å². The predicted molar refractivity (Wildman–Crippen MR) is 98.9 cm³/mol. The second-order valence-electron chi connectivity index (χ2n) is 5.67. The first-order chi connectivity index (χ1) is 11.5. The number of hydrogen-bond donors (Lipinski definition) is 0. The molecule has 3 aromatic rings. The van der Waals surface area contributed by atoms with Crippen LogP contribution in [0.5, 0.6) is 5.75 Å². The van der Waals surface area contributed by atoms with Crippen molar-refractivity contribution in [3.8, 4) is 29.2 Å². The lowest BCUT2D eigenvalue weighted by atomic mass is 10.0. The summed E-state index contributed by atoms with van der Waals surface area (Å²) in [5, 5.41) is 0.613. The van der Waals surface area contributed by atoms with Crippen molar-refractivity contribution in [2.45, 2.75) is 27.3 Å². The van der Waals surface area contributed by atoms with E-state index < -0.39 is 0 Å². The van der Waals surface area contributed by atoms with Gasteiger partial charge in [-0.1, -0.05) is 17.6 Å². The van der Waals surface area contributed by atoms with Crippen LogP contribution in [0.15, 0.2) is 23.0 Å². The number of hydrogen-bond acceptors (Lipinski definition) is 4. The maximum absolute atomic E-state index is 13.0. The third-order valence-electron chi connectivity index (χ3n) is 4.05. The molecule has 0 unspecified atom stereocenters. The molecule has 0 atom stereocenters.